The van der Waals surface area contributed by atoms with Crippen LogP contribution in [0.15, 0.2) is 121 Å². The fourth-order valence-corrected chi connectivity index (χ4v) is 8.87. The SMILES string of the molecule is CC(C)(C)c1cc2c([c-]c1-c1cccc3ccccc13)Cc1cc(-c3cccc4ccccc34)c(C(C)(C)C)cc1-2.CCCC[C](=[Zr+2])CCCC.[C-]1=CC=CC1. The molecule has 6 aromatic rings. The molecule has 0 fully saturated rings. The second-order valence-corrected chi connectivity index (χ2v) is 19.3. The van der Waals surface area contributed by atoms with Crippen molar-refractivity contribution in [1.82, 2.24) is 0 Å². The molecule has 0 N–H and O–H groups in total. The second kappa shape index (κ2) is 18.6. The van der Waals surface area contributed by atoms with Gasteiger partial charge >= 0.3 is 79.8 Å². The van der Waals surface area contributed by atoms with Gasteiger partial charge < -0.3 is 0 Å². The number of fused-ring (bicyclic) bond motifs is 5. The van der Waals surface area contributed by atoms with Gasteiger partial charge in [0.2, 0.25) is 0 Å². The Balaban J connectivity index is 0.000000299. The first-order chi connectivity index (χ1) is 26.9. The monoisotopic (exact) mass is 810 g/mol. The molecule has 2 aliphatic carbocycles. The summed E-state index contributed by atoms with van der Waals surface area (Å²) in [5.74, 6) is 0. The van der Waals surface area contributed by atoms with Crippen molar-refractivity contribution in [2.75, 3.05) is 0 Å². The minimum atomic E-state index is -0.0175. The van der Waals surface area contributed by atoms with Crippen molar-refractivity contribution < 1.29 is 24.2 Å². The molecule has 0 saturated heterocycles. The van der Waals surface area contributed by atoms with Gasteiger partial charge in [-0.05, 0) is 55.7 Å². The molecular formula is C55H60Zr. The average molecular weight is 812 g/mol. The molecule has 0 aliphatic heterocycles. The van der Waals surface area contributed by atoms with Crippen LogP contribution in [0.5, 0.6) is 0 Å². The van der Waals surface area contributed by atoms with Crippen LogP contribution in [0.2, 0.25) is 0 Å². The minimum absolute atomic E-state index is 0.00350. The Labute approximate surface area is 353 Å². The van der Waals surface area contributed by atoms with Gasteiger partial charge in [-0.1, -0.05) is 161 Å². The van der Waals surface area contributed by atoms with Crippen LogP contribution >= 0.6 is 0 Å². The molecule has 0 spiro atoms. The van der Waals surface area contributed by atoms with E-state index < -0.39 is 0 Å². The van der Waals surface area contributed by atoms with Crippen LogP contribution in [0, 0.1) is 12.1 Å². The van der Waals surface area contributed by atoms with Crippen molar-refractivity contribution in [1.29, 1.82) is 0 Å². The molecule has 56 heavy (non-hydrogen) atoms. The standard InChI is InChI=1S/C41H37.C9H18.C5H5.Zr/c1-40(2,3)38-24-34-28(22-36(38)32-19-11-15-26-13-7-9-17-30(26)32)21-29-23-37(39(25-35(29)34)41(4,5)6)33-20-12-16-27-14-8-10-18-31(27)33;1-3-5-7-9-8-6-4-2;1-2-4-5-3-1;/h7-20,22,24-25H,21H2,1-6H3;3-8H2,1-2H3;1-3H,4H2;/q-1;;-1;+2. The van der Waals surface area contributed by atoms with E-state index >= 15 is 0 Å². The summed E-state index contributed by atoms with van der Waals surface area (Å²) >= 11 is 1.67. The van der Waals surface area contributed by atoms with Gasteiger partial charge in [0.1, 0.15) is 0 Å². The molecule has 1 heteroatoms. The van der Waals surface area contributed by atoms with Gasteiger partial charge in [0.15, 0.2) is 0 Å². The summed E-state index contributed by atoms with van der Waals surface area (Å²) in [6, 6.07) is 42.4. The van der Waals surface area contributed by atoms with E-state index in [0.717, 1.165) is 12.8 Å². The summed E-state index contributed by atoms with van der Waals surface area (Å²) in [5, 5.41) is 5.17. The molecule has 0 amide bonds. The van der Waals surface area contributed by atoms with Crippen LogP contribution in [-0.4, -0.2) is 3.21 Å². The molecule has 0 radical (unpaired) electrons. The Morgan fingerprint density at radius 1 is 0.607 bits per heavy atom. The Hall–Kier alpha value is -3.93. The zero-order valence-electron chi connectivity index (χ0n) is 35.2. The van der Waals surface area contributed by atoms with E-state index in [-0.39, 0.29) is 10.8 Å². The summed E-state index contributed by atoms with van der Waals surface area (Å²) in [7, 11) is 0. The predicted molar refractivity (Wildman–Crippen MR) is 242 cm³/mol. The van der Waals surface area contributed by atoms with Crippen molar-refractivity contribution in [3.63, 3.8) is 0 Å². The van der Waals surface area contributed by atoms with E-state index in [2.05, 4.69) is 177 Å². The smallest absolute Gasteiger partial charge is 0.109 e. The topological polar surface area (TPSA) is 0 Å². The molecule has 0 atom stereocenters. The fourth-order valence-electron chi connectivity index (χ4n) is 8.00. The molecule has 0 bridgehead atoms. The van der Waals surface area contributed by atoms with Gasteiger partial charge in [-0.25, -0.2) is 12.2 Å². The predicted octanol–water partition coefficient (Wildman–Crippen LogP) is 15.7. The summed E-state index contributed by atoms with van der Waals surface area (Å²) in [4.78, 5) is 0. The molecule has 0 heterocycles. The maximum atomic E-state index is 4.00. The quantitative estimate of drug-likeness (QED) is 0.134. The molecule has 8 rings (SSSR count). The first-order valence-electron chi connectivity index (χ1n) is 20.9. The Kier molecular flexibility index (Phi) is 13.8. The molecule has 0 unspecified atom stereocenters. The number of benzene rings is 6. The third-order valence-corrected chi connectivity index (χ3v) is 12.3. The zero-order chi connectivity index (χ0) is 39.9. The van der Waals surface area contributed by atoms with Crippen molar-refractivity contribution in [2.24, 2.45) is 0 Å². The van der Waals surface area contributed by atoms with E-state index in [1.165, 1.54) is 116 Å². The van der Waals surface area contributed by atoms with Crippen LogP contribution in [0.1, 0.15) is 123 Å². The van der Waals surface area contributed by atoms with Crippen LogP contribution in [0.25, 0.3) is 54.9 Å². The molecular weight excluding hydrogens is 752 g/mol. The van der Waals surface area contributed by atoms with E-state index in [4.69, 9.17) is 0 Å². The molecule has 0 aromatic heterocycles. The van der Waals surface area contributed by atoms with Crippen LogP contribution in [0.3, 0.4) is 0 Å². The molecule has 284 valence electrons. The van der Waals surface area contributed by atoms with E-state index in [0.29, 0.717) is 0 Å². The Morgan fingerprint density at radius 2 is 1.16 bits per heavy atom. The largest absolute Gasteiger partial charge is 0.273 e. The van der Waals surface area contributed by atoms with Crippen molar-refractivity contribution in [3.05, 3.63) is 156 Å². The van der Waals surface area contributed by atoms with Crippen LogP contribution in [0.4, 0.5) is 0 Å². The summed E-state index contributed by atoms with van der Waals surface area (Å²) < 4.78 is 1.79. The van der Waals surface area contributed by atoms with Gasteiger partial charge in [0, 0.05) is 0 Å². The third-order valence-electron chi connectivity index (χ3n) is 11.1. The third kappa shape index (κ3) is 9.77. The zero-order valence-corrected chi connectivity index (χ0v) is 37.7. The number of hydrogen-bond acceptors (Lipinski definition) is 0. The molecule has 6 aromatic carbocycles. The normalized spacial score (nSPS) is 12.9. The van der Waals surface area contributed by atoms with Crippen molar-refractivity contribution in [2.45, 2.75) is 118 Å². The molecule has 2 aliphatic rings. The van der Waals surface area contributed by atoms with Gasteiger partial charge in [-0.2, -0.15) is 6.08 Å². The number of unbranched alkanes of at least 4 members (excludes halogenated alkanes) is 2. The second-order valence-electron chi connectivity index (χ2n) is 17.5. The van der Waals surface area contributed by atoms with E-state index in [1.807, 2.05) is 12.2 Å². The van der Waals surface area contributed by atoms with E-state index in [1.54, 1.807) is 27.4 Å². The molecule has 0 nitrogen and oxygen atoms in total. The fraction of sp³-hybridized carbons (Fsp3) is 0.327. The Bertz CT molecular complexity index is 2190. The van der Waals surface area contributed by atoms with Crippen LogP contribution in [-0.2, 0) is 41.5 Å². The van der Waals surface area contributed by atoms with E-state index in [9.17, 15) is 0 Å². The average Bonchev–Trinajstić information content (AvgIpc) is 3.89. The molecule has 0 saturated carbocycles. The van der Waals surface area contributed by atoms with Gasteiger partial charge in [-0.15, -0.1) is 35.2 Å². The summed E-state index contributed by atoms with van der Waals surface area (Å²) in [5.41, 5.74) is 13.4. The van der Waals surface area contributed by atoms with Crippen LogP contribution < -0.4 is 0 Å². The van der Waals surface area contributed by atoms with Gasteiger partial charge in [0.05, 0.1) is 0 Å². The van der Waals surface area contributed by atoms with Gasteiger partial charge in [0.25, 0.3) is 0 Å². The number of allylic oxidation sites excluding steroid dienone is 4. The Morgan fingerprint density at radius 3 is 1.70 bits per heavy atom. The number of hydrogen-bond donors (Lipinski definition) is 0. The maximum Gasteiger partial charge on any atom is -0.109 e. The minimum Gasteiger partial charge on any atom is -0.273 e. The number of rotatable bonds is 8. The first kappa shape index (κ1) is 41.7. The first-order valence-corrected chi connectivity index (χ1v) is 22.1. The summed E-state index contributed by atoms with van der Waals surface area (Å²) in [6.07, 6.45) is 19.2. The summed E-state index contributed by atoms with van der Waals surface area (Å²) in [6.45, 7) is 18.6. The maximum absolute atomic E-state index is 4.00. The van der Waals surface area contributed by atoms with Crippen molar-refractivity contribution in [3.8, 4) is 33.4 Å². The van der Waals surface area contributed by atoms with Gasteiger partial charge in [-0.3, -0.25) is 6.08 Å². The van der Waals surface area contributed by atoms with Crippen molar-refractivity contribution >= 4 is 24.8 Å².